The molecule has 22 heavy (non-hydrogen) atoms. The minimum atomic E-state index is -4.49. The third-order valence-electron chi connectivity index (χ3n) is 3.53. The van der Waals surface area contributed by atoms with Gasteiger partial charge < -0.3 is 5.11 Å². The molecule has 1 aliphatic rings. The second kappa shape index (κ2) is 6.55. The Hall–Kier alpha value is -1.12. The van der Waals surface area contributed by atoms with Crippen LogP contribution in [-0.2, 0) is 16.2 Å². The summed E-state index contributed by atoms with van der Waals surface area (Å²) >= 11 is 0. The Morgan fingerprint density at radius 1 is 1.14 bits per heavy atom. The van der Waals surface area contributed by atoms with Crippen LogP contribution in [0.4, 0.5) is 13.2 Å². The topological polar surface area (TPSA) is 57.6 Å². The van der Waals surface area contributed by atoms with Gasteiger partial charge in [-0.3, -0.25) is 0 Å². The van der Waals surface area contributed by atoms with Crippen LogP contribution in [-0.4, -0.2) is 37.0 Å². The first-order valence-corrected chi connectivity index (χ1v) is 8.51. The molecule has 0 bridgehead atoms. The third-order valence-corrected chi connectivity index (χ3v) is 5.50. The van der Waals surface area contributed by atoms with Crippen LogP contribution in [0.25, 0.3) is 0 Å². The van der Waals surface area contributed by atoms with Crippen molar-refractivity contribution < 1.29 is 26.7 Å². The first kappa shape index (κ1) is 17.2. The van der Waals surface area contributed by atoms with E-state index in [4.69, 9.17) is 5.11 Å². The van der Waals surface area contributed by atoms with E-state index in [1.807, 2.05) is 0 Å². The average Bonchev–Trinajstić information content (AvgIpc) is 3.27. The van der Waals surface area contributed by atoms with E-state index in [1.54, 1.807) is 0 Å². The highest BCUT2D eigenvalue weighted by Crippen LogP contribution is 2.34. The third kappa shape index (κ3) is 3.99. The van der Waals surface area contributed by atoms with Crippen molar-refractivity contribution in [3.63, 3.8) is 0 Å². The summed E-state index contributed by atoms with van der Waals surface area (Å²) < 4.78 is 64.0. The summed E-state index contributed by atoms with van der Waals surface area (Å²) in [5.41, 5.74) is -0.871. The van der Waals surface area contributed by atoms with Gasteiger partial charge in [0.2, 0.25) is 10.0 Å². The van der Waals surface area contributed by atoms with Crippen molar-refractivity contribution in [2.24, 2.45) is 0 Å². The largest absolute Gasteiger partial charge is 0.416 e. The molecule has 0 spiro atoms. The molecule has 4 nitrogen and oxygen atoms in total. The fraction of sp³-hybridized carbons (Fsp3) is 0.571. The Bertz CT molecular complexity index is 595. The quantitative estimate of drug-likeness (QED) is 0.778. The lowest BCUT2D eigenvalue weighted by atomic mass is 10.2. The molecule has 1 aromatic rings. The molecule has 8 heteroatoms. The Morgan fingerprint density at radius 2 is 1.73 bits per heavy atom. The zero-order valence-electron chi connectivity index (χ0n) is 11.9. The number of rotatable bonds is 7. The van der Waals surface area contributed by atoms with Crippen LogP contribution in [0, 0.1) is 0 Å². The van der Waals surface area contributed by atoms with Crippen molar-refractivity contribution in [3.05, 3.63) is 29.8 Å². The van der Waals surface area contributed by atoms with Gasteiger partial charge in [0.1, 0.15) is 0 Å². The predicted octanol–water partition coefficient (Wildman–Crippen LogP) is 2.63. The molecule has 2 rings (SSSR count). The number of aliphatic hydroxyl groups excluding tert-OH is 1. The van der Waals surface area contributed by atoms with Crippen molar-refractivity contribution in [3.8, 4) is 0 Å². The highest BCUT2D eigenvalue weighted by atomic mass is 32.2. The molecule has 0 aromatic heterocycles. The Morgan fingerprint density at radius 3 is 2.18 bits per heavy atom. The Balaban J connectivity index is 2.20. The van der Waals surface area contributed by atoms with E-state index >= 15 is 0 Å². The van der Waals surface area contributed by atoms with Gasteiger partial charge in [-0.05, 0) is 49.9 Å². The maximum Gasteiger partial charge on any atom is 0.416 e. The molecule has 1 aliphatic carbocycles. The lowest BCUT2D eigenvalue weighted by molar-refractivity contribution is -0.137. The van der Waals surface area contributed by atoms with Crippen LogP contribution in [0.1, 0.15) is 31.2 Å². The van der Waals surface area contributed by atoms with E-state index < -0.39 is 21.8 Å². The number of unbranched alkanes of at least 4 members (excludes halogenated alkanes) is 1. The Labute approximate surface area is 127 Å². The number of halogens is 3. The molecule has 0 saturated heterocycles. The maximum atomic E-state index is 12.6. The molecule has 1 aromatic carbocycles. The average molecular weight is 337 g/mol. The molecule has 0 amide bonds. The number of nitrogens with zero attached hydrogens (tertiary/aromatic N) is 1. The van der Waals surface area contributed by atoms with Crippen molar-refractivity contribution in [2.75, 3.05) is 13.2 Å². The Kier molecular flexibility index (Phi) is 5.14. The molecule has 0 aliphatic heterocycles. The predicted molar refractivity (Wildman–Crippen MR) is 74.7 cm³/mol. The molecule has 0 atom stereocenters. The summed E-state index contributed by atoms with van der Waals surface area (Å²) in [7, 11) is -3.80. The van der Waals surface area contributed by atoms with Gasteiger partial charge in [-0.15, -0.1) is 0 Å². The van der Waals surface area contributed by atoms with Crippen molar-refractivity contribution in [1.82, 2.24) is 4.31 Å². The first-order chi connectivity index (χ1) is 10.3. The summed E-state index contributed by atoms with van der Waals surface area (Å²) in [6, 6.07) is 3.49. The first-order valence-electron chi connectivity index (χ1n) is 7.07. The highest BCUT2D eigenvalue weighted by Gasteiger charge is 2.38. The molecule has 0 radical (unpaired) electrons. The van der Waals surface area contributed by atoms with Gasteiger partial charge >= 0.3 is 6.18 Å². The van der Waals surface area contributed by atoms with Crippen LogP contribution in [0.5, 0.6) is 0 Å². The SMILES string of the molecule is O=S(=O)(c1ccc(C(F)(F)F)cc1)N(CCCCO)C1CC1. The second-order valence-electron chi connectivity index (χ2n) is 5.30. The molecule has 0 heterocycles. The highest BCUT2D eigenvalue weighted by molar-refractivity contribution is 7.89. The van der Waals surface area contributed by atoms with Crippen LogP contribution in [0.2, 0.25) is 0 Å². The number of aliphatic hydroxyl groups is 1. The molecule has 124 valence electrons. The maximum absolute atomic E-state index is 12.6. The van der Waals surface area contributed by atoms with Gasteiger partial charge in [0, 0.05) is 19.2 Å². The minimum absolute atomic E-state index is 0.0150. The van der Waals surface area contributed by atoms with Crippen LogP contribution in [0.3, 0.4) is 0 Å². The van der Waals surface area contributed by atoms with E-state index in [2.05, 4.69) is 0 Å². The van der Waals surface area contributed by atoms with E-state index in [0.29, 0.717) is 12.8 Å². The number of hydrogen-bond acceptors (Lipinski definition) is 3. The van der Waals surface area contributed by atoms with E-state index in [0.717, 1.165) is 37.1 Å². The number of benzene rings is 1. The van der Waals surface area contributed by atoms with Gasteiger partial charge in [-0.1, -0.05) is 0 Å². The lowest BCUT2D eigenvalue weighted by Crippen LogP contribution is -2.34. The second-order valence-corrected chi connectivity index (χ2v) is 7.19. The molecular formula is C14H18F3NO3S. The summed E-state index contributed by atoms with van der Waals surface area (Å²) in [6.07, 6.45) is -1.95. The molecule has 1 saturated carbocycles. The van der Waals surface area contributed by atoms with E-state index in [9.17, 15) is 21.6 Å². The molecule has 1 fully saturated rings. The number of sulfonamides is 1. The molecular weight excluding hydrogens is 319 g/mol. The summed E-state index contributed by atoms with van der Waals surface area (Å²) in [4.78, 5) is -0.128. The fourth-order valence-electron chi connectivity index (χ4n) is 2.19. The van der Waals surface area contributed by atoms with Crippen molar-refractivity contribution >= 4 is 10.0 Å². The van der Waals surface area contributed by atoms with E-state index in [1.165, 1.54) is 4.31 Å². The fourth-order valence-corrected chi connectivity index (χ4v) is 3.92. The monoisotopic (exact) mass is 337 g/mol. The van der Waals surface area contributed by atoms with Crippen LogP contribution >= 0.6 is 0 Å². The summed E-state index contributed by atoms with van der Waals surface area (Å²) in [5, 5.41) is 8.79. The van der Waals surface area contributed by atoms with Crippen molar-refractivity contribution in [1.29, 1.82) is 0 Å². The van der Waals surface area contributed by atoms with E-state index in [-0.39, 0.29) is 24.1 Å². The van der Waals surface area contributed by atoms with Gasteiger partial charge in [-0.25, -0.2) is 8.42 Å². The van der Waals surface area contributed by atoms with Crippen LogP contribution in [0.15, 0.2) is 29.2 Å². The molecule has 1 N–H and O–H groups in total. The lowest BCUT2D eigenvalue weighted by Gasteiger charge is -2.22. The number of hydrogen-bond donors (Lipinski definition) is 1. The summed E-state index contributed by atoms with van der Waals surface area (Å²) in [5.74, 6) is 0. The van der Waals surface area contributed by atoms with Crippen LogP contribution < -0.4 is 0 Å². The van der Waals surface area contributed by atoms with Crippen molar-refractivity contribution in [2.45, 2.75) is 42.8 Å². The number of alkyl halides is 3. The standard InChI is InChI=1S/C14H18F3NO3S/c15-14(16,17)11-3-7-13(8-4-11)22(20,21)18(12-5-6-12)9-1-2-10-19/h3-4,7-8,12,19H,1-2,5-6,9-10H2. The molecule has 0 unspecified atom stereocenters. The minimum Gasteiger partial charge on any atom is -0.396 e. The smallest absolute Gasteiger partial charge is 0.396 e. The zero-order chi connectivity index (χ0) is 16.4. The summed E-state index contributed by atoms with van der Waals surface area (Å²) in [6.45, 7) is 0.257. The zero-order valence-corrected chi connectivity index (χ0v) is 12.7. The van der Waals surface area contributed by atoms with Gasteiger partial charge in [0.25, 0.3) is 0 Å². The van der Waals surface area contributed by atoms with Gasteiger partial charge in [0.05, 0.1) is 10.5 Å². The normalized spacial score (nSPS) is 16.2. The van der Waals surface area contributed by atoms with Gasteiger partial charge in [0.15, 0.2) is 0 Å². The van der Waals surface area contributed by atoms with Gasteiger partial charge in [-0.2, -0.15) is 17.5 Å².